The molecule has 0 amide bonds. The predicted molar refractivity (Wildman–Crippen MR) is 71.0 cm³/mol. The van der Waals surface area contributed by atoms with Gasteiger partial charge in [0.05, 0.1) is 25.8 Å². The van der Waals surface area contributed by atoms with Gasteiger partial charge in [-0.25, -0.2) is 0 Å². The second kappa shape index (κ2) is 6.52. The maximum Gasteiger partial charge on any atom is 0.308 e. The molecule has 1 aromatic heterocycles. The molecule has 1 aromatic rings. The Labute approximate surface area is 113 Å². The Morgan fingerprint density at radius 2 is 2.26 bits per heavy atom. The molecule has 0 aliphatic heterocycles. The molecule has 1 aliphatic rings. The van der Waals surface area contributed by atoms with Crippen molar-refractivity contribution in [2.24, 2.45) is 0 Å². The minimum atomic E-state index is -0.266. The highest BCUT2D eigenvalue weighted by molar-refractivity contribution is 5.69. The topological polar surface area (TPSA) is 60.5 Å². The summed E-state index contributed by atoms with van der Waals surface area (Å²) in [7, 11) is 1.38. The molecule has 0 spiro atoms. The second-order valence-corrected chi connectivity index (χ2v) is 4.73. The summed E-state index contributed by atoms with van der Waals surface area (Å²) in [4.78, 5) is 15.5. The maximum absolute atomic E-state index is 11.0. The van der Waals surface area contributed by atoms with Gasteiger partial charge < -0.3 is 14.8 Å². The Bertz CT molecular complexity index is 444. The Morgan fingerprint density at radius 1 is 1.47 bits per heavy atom. The third-order valence-electron chi connectivity index (χ3n) is 3.00. The van der Waals surface area contributed by atoms with Gasteiger partial charge in [-0.3, -0.25) is 9.78 Å². The average Bonchev–Trinajstić information content (AvgIpc) is 3.22. The van der Waals surface area contributed by atoms with Crippen LogP contribution in [0.5, 0.6) is 5.75 Å². The Kier molecular flexibility index (Phi) is 4.74. The SMILES string of the molecule is COC(=O)CCOc1ccc(C)nc1CNC1CC1. The largest absolute Gasteiger partial charge is 0.491 e. The number of esters is 1. The predicted octanol–water partition coefficient (Wildman–Crippen LogP) is 1.58. The standard InChI is InChI=1S/C14H20N2O3/c1-10-3-6-13(19-8-7-14(17)18-2)12(16-10)9-15-11-4-5-11/h3,6,11,15H,4-5,7-9H2,1-2H3. The van der Waals surface area contributed by atoms with Crippen molar-refractivity contribution >= 4 is 5.97 Å². The van der Waals surface area contributed by atoms with Crippen molar-refractivity contribution in [3.63, 3.8) is 0 Å². The van der Waals surface area contributed by atoms with Gasteiger partial charge in [-0.2, -0.15) is 0 Å². The van der Waals surface area contributed by atoms with Crippen LogP contribution in [0.4, 0.5) is 0 Å². The molecule has 19 heavy (non-hydrogen) atoms. The summed E-state index contributed by atoms with van der Waals surface area (Å²) in [5, 5.41) is 3.42. The fourth-order valence-electron chi connectivity index (χ4n) is 1.73. The Morgan fingerprint density at radius 3 is 2.95 bits per heavy atom. The van der Waals surface area contributed by atoms with E-state index >= 15 is 0 Å². The van der Waals surface area contributed by atoms with Gasteiger partial charge in [0.1, 0.15) is 5.75 Å². The lowest BCUT2D eigenvalue weighted by molar-refractivity contribution is -0.141. The molecule has 0 radical (unpaired) electrons. The van der Waals surface area contributed by atoms with E-state index in [0.717, 1.165) is 17.1 Å². The highest BCUT2D eigenvalue weighted by Gasteiger charge is 2.21. The molecule has 0 saturated heterocycles. The van der Waals surface area contributed by atoms with Crippen LogP contribution < -0.4 is 10.1 Å². The van der Waals surface area contributed by atoms with Gasteiger partial charge in [0.15, 0.2) is 0 Å². The van der Waals surface area contributed by atoms with E-state index in [0.29, 0.717) is 19.2 Å². The van der Waals surface area contributed by atoms with Crippen molar-refractivity contribution < 1.29 is 14.3 Å². The van der Waals surface area contributed by atoms with Crippen LogP contribution >= 0.6 is 0 Å². The highest BCUT2D eigenvalue weighted by atomic mass is 16.5. The molecule has 1 aliphatic carbocycles. The molecule has 0 atom stereocenters. The van der Waals surface area contributed by atoms with Crippen LogP contribution in [0.25, 0.3) is 0 Å². The number of rotatable bonds is 7. The molecule has 1 N–H and O–H groups in total. The van der Waals surface area contributed by atoms with E-state index in [1.165, 1.54) is 20.0 Å². The van der Waals surface area contributed by atoms with Crippen LogP contribution in [0.15, 0.2) is 12.1 Å². The van der Waals surface area contributed by atoms with Crippen LogP contribution in [-0.2, 0) is 16.1 Å². The maximum atomic E-state index is 11.0. The number of carbonyl (C=O) groups excluding carboxylic acids is 1. The van der Waals surface area contributed by atoms with Gasteiger partial charge in [-0.05, 0) is 31.9 Å². The molecule has 1 heterocycles. The smallest absolute Gasteiger partial charge is 0.308 e. The van der Waals surface area contributed by atoms with E-state index in [2.05, 4.69) is 15.0 Å². The number of hydrogen-bond acceptors (Lipinski definition) is 5. The van der Waals surface area contributed by atoms with Gasteiger partial charge >= 0.3 is 5.97 Å². The lowest BCUT2D eigenvalue weighted by Crippen LogP contribution is -2.18. The minimum absolute atomic E-state index is 0.250. The zero-order valence-electron chi connectivity index (χ0n) is 11.4. The summed E-state index contributed by atoms with van der Waals surface area (Å²) in [6.45, 7) is 2.98. The molecule has 5 heteroatoms. The van der Waals surface area contributed by atoms with E-state index in [-0.39, 0.29) is 12.4 Å². The van der Waals surface area contributed by atoms with Crippen molar-refractivity contribution in [3.05, 3.63) is 23.5 Å². The fraction of sp³-hybridized carbons (Fsp3) is 0.571. The van der Waals surface area contributed by atoms with Crippen LogP contribution in [0.2, 0.25) is 0 Å². The molecular weight excluding hydrogens is 244 g/mol. The Balaban J connectivity index is 1.91. The summed E-state index contributed by atoms with van der Waals surface area (Å²) in [6, 6.07) is 4.45. The van der Waals surface area contributed by atoms with Crippen molar-refractivity contribution in [2.75, 3.05) is 13.7 Å². The van der Waals surface area contributed by atoms with Crippen LogP contribution in [-0.4, -0.2) is 30.7 Å². The Hall–Kier alpha value is -1.62. The van der Waals surface area contributed by atoms with Crippen molar-refractivity contribution in [3.8, 4) is 5.75 Å². The summed E-state index contributed by atoms with van der Waals surface area (Å²) in [5.41, 5.74) is 1.87. The van der Waals surface area contributed by atoms with Crippen LogP contribution in [0, 0.1) is 6.92 Å². The van der Waals surface area contributed by atoms with E-state index in [9.17, 15) is 4.79 Å². The number of pyridine rings is 1. The van der Waals surface area contributed by atoms with E-state index < -0.39 is 0 Å². The average molecular weight is 264 g/mol. The third kappa shape index (κ3) is 4.52. The molecule has 0 aromatic carbocycles. The lowest BCUT2D eigenvalue weighted by atomic mass is 10.2. The van der Waals surface area contributed by atoms with E-state index in [1.54, 1.807) is 0 Å². The number of nitrogens with one attached hydrogen (secondary N) is 1. The molecule has 1 fully saturated rings. The first-order chi connectivity index (χ1) is 9.19. The number of ether oxygens (including phenoxy) is 2. The van der Waals surface area contributed by atoms with Gasteiger partial charge in [-0.15, -0.1) is 0 Å². The first kappa shape index (κ1) is 13.8. The molecule has 0 bridgehead atoms. The number of aryl methyl sites for hydroxylation is 1. The molecule has 5 nitrogen and oxygen atoms in total. The van der Waals surface area contributed by atoms with Gasteiger partial charge in [0.2, 0.25) is 0 Å². The van der Waals surface area contributed by atoms with E-state index in [4.69, 9.17) is 4.74 Å². The zero-order valence-corrected chi connectivity index (χ0v) is 11.4. The van der Waals surface area contributed by atoms with Crippen molar-refractivity contribution in [2.45, 2.75) is 38.8 Å². The number of methoxy groups -OCH3 is 1. The fourth-order valence-corrected chi connectivity index (χ4v) is 1.73. The third-order valence-corrected chi connectivity index (χ3v) is 3.00. The summed E-state index contributed by atoms with van der Waals surface area (Å²) < 4.78 is 10.2. The van der Waals surface area contributed by atoms with Crippen molar-refractivity contribution in [1.82, 2.24) is 10.3 Å². The van der Waals surface area contributed by atoms with Gasteiger partial charge in [-0.1, -0.05) is 0 Å². The number of aromatic nitrogens is 1. The van der Waals surface area contributed by atoms with Crippen LogP contribution in [0.1, 0.15) is 30.7 Å². The lowest BCUT2D eigenvalue weighted by Gasteiger charge is -2.11. The van der Waals surface area contributed by atoms with Gasteiger partial charge in [0.25, 0.3) is 0 Å². The summed E-state index contributed by atoms with van der Waals surface area (Å²) >= 11 is 0. The quantitative estimate of drug-likeness (QED) is 0.758. The molecule has 0 unspecified atom stereocenters. The normalized spacial score (nSPS) is 14.2. The number of hydrogen-bond donors (Lipinski definition) is 1. The molecular formula is C14H20N2O3. The first-order valence-electron chi connectivity index (χ1n) is 6.58. The monoisotopic (exact) mass is 264 g/mol. The molecule has 2 rings (SSSR count). The summed E-state index contributed by atoms with van der Waals surface area (Å²) in [6.07, 6.45) is 2.73. The van der Waals surface area contributed by atoms with Crippen molar-refractivity contribution in [1.29, 1.82) is 0 Å². The molecule has 1 saturated carbocycles. The summed E-state index contributed by atoms with van der Waals surface area (Å²) in [5.74, 6) is 0.473. The van der Waals surface area contributed by atoms with Gasteiger partial charge in [0, 0.05) is 18.3 Å². The van der Waals surface area contributed by atoms with E-state index in [1.807, 2.05) is 19.1 Å². The second-order valence-electron chi connectivity index (χ2n) is 4.73. The molecule has 104 valence electrons. The number of carbonyl (C=O) groups is 1. The number of nitrogens with zero attached hydrogens (tertiary/aromatic N) is 1. The van der Waals surface area contributed by atoms with Crippen LogP contribution in [0.3, 0.4) is 0 Å². The minimum Gasteiger partial charge on any atom is -0.491 e. The zero-order chi connectivity index (χ0) is 13.7. The first-order valence-corrected chi connectivity index (χ1v) is 6.58. The highest BCUT2D eigenvalue weighted by Crippen LogP contribution is 2.22.